The number of aliphatic carboxylic acids is 1. The Morgan fingerprint density at radius 1 is 1.04 bits per heavy atom. The summed E-state index contributed by atoms with van der Waals surface area (Å²) < 4.78 is 40.5. The number of anilines is 1. The first-order chi connectivity index (χ1) is 13.2. The summed E-state index contributed by atoms with van der Waals surface area (Å²) in [6, 6.07) is 12.5. The standard InChI is InChI=1S/C20H23F3N2O2S/c21-20(22,23)17(8-10-28-11-9-18(25)19(26)27)14-6-4-13(5-7-14)15-2-1-3-16(24)12-15/h1-7,12,17-18H,8-11,24-25H2,(H,26,27). The highest BCUT2D eigenvalue weighted by Crippen LogP contribution is 2.39. The average molecular weight is 412 g/mol. The molecule has 0 aromatic heterocycles. The van der Waals surface area contributed by atoms with Crippen molar-refractivity contribution >= 4 is 23.4 Å². The van der Waals surface area contributed by atoms with E-state index in [0.717, 1.165) is 11.1 Å². The summed E-state index contributed by atoms with van der Waals surface area (Å²) >= 11 is 1.28. The molecule has 0 amide bonds. The van der Waals surface area contributed by atoms with Gasteiger partial charge < -0.3 is 16.6 Å². The van der Waals surface area contributed by atoms with E-state index in [2.05, 4.69) is 0 Å². The molecule has 0 aliphatic heterocycles. The van der Waals surface area contributed by atoms with Crippen LogP contribution in [-0.2, 0) is 4.79 Å². The summed E-state index contributed by atoms with van der Waals surface area (Å²) in [6.07, 6.45) is -4.20. The molecule has 0 heterocycles. The van der Waals surface area contributed by atoms with Crippen molar-refractivity contribution < 1.29 is 23.1 Å². The number of hydrogen-bond acceptors (Lipinski definition) is 4. The molecule has 8 heteroatoms. The summed E-state index contributed by atoms with van der Waals surface area (Å²) in [7, 11) is 0. The second-order valence-corrected chi connectivity index (χ2v) is 7.70. The molecule has 0 aliphatic rings. The molecule has 0 spiro atoms. The molecule has 0 bridgehead atoms. The predicted molar refractivity (Wildman–Crippen MR) is 107 cm³/mol. The van der Waals surface area contributed by atoms with Crippen molar-refractivity contribution in [2.45, 2.75) is 31.0 Å². The molecule has 0 aliphatic carbocycles. The van der Waals surface area contributed by atoms with Gasteiger partial charge in [-0.1, -0.05) is 36.4 Å². The van der Waals surface area contributed by atoms with E-state index in [1.54, 1.807) is 30.3 Å². The van der Waals surface area contributed by atoms with Gasteiger partial charge in [-0.15, -0.1) is 0 Å². The molecule has 2 aromatic rings. The minimum Gasteiger partial charge on any atom is -0.480 e. The number of carbonyl (C=O) groups is 1. The molecule has 0 saturated heterocycles. The highest BCUT2D eigenvalue weighted by molar-refractivity contribution is 7.99. The van der Waals surface area contributed by atoms with Gasteiger partial charge in [0.05, 0.1) is 5.92 Å². The van der Waals surface area contributed by atoms with Crippen LogP contribution in [-0.4, -0.2) is 34.8 Å². The molecule has 2 rings (SSSR count). The maximum Gasteiger partial charge on any atom is 0.395 e. The topological polar surface area (TPSA) is 89.3 Å². The van der Waals surface area contributed by atoms with E-state index in [4.69, 9.17) is 16.6 Å². The number of benzene rings is 2. The van der Waals surface area contributed by atoms with Gasteiger partial charge in [-0.2, -0.15) is 24.9 Å². The van der Waals surface area contributed by atoms with Crippen molar-refractivity contribution in [2.75, 3.05) is 17.2 Å². The number of nitrogens with two attached hydrogens (primary N) is 2. The maximum atomic E-state index is 13.5. The smallest absolute Gasteiger partial charge is 0.395 e. The van der Waals surface area contributed by atoms with Gasteiger partial charge in [-0.3, -0.25) is 4.79 Å². The van der Waals surface area contributed by atoms with Gasteiger partial charge in [-0.25, -0.2) is 0 Å². The number of hydrogen-bond donors (Lipinski definition) is 3. The zero-order valence-electron chi connectivity index (χ0n) is 15.2. The van der Waals surface area contributed by atoms with Crippen LogP contribution in [0, 0.1) is 0 Å². The minimum absolute atomic E-state index is 0.0753. The summed E-state index contributed by atoms with van der Waals surface area (Å²) in [6.45, 7) is 0. The van der Waals surface area contributed by atoms with E-state index < -0.39 is 24.1 Å². The third kappa shape index (κ3) is 6.45. The molecule has 152 valence electrons. The van der Waals surface area contributed by atoms with Gasteiger partial charge in [0.1, 0.15) is 6.04 Å². The van der Waals surface area contributed by atoms with Gasteiger partial charge >= 0.3 is 12.1 Å². The summed E-state index contributed by atoms with van der Waals surface area (Å²) in [4.78, 5) is 10.6. The number of carboxylic acid groups (broad SMARTS) is 1. The normalized spacial score (nSPS) is 13.9. The first-order valence-corrected chi connectivity index (χ1v) is 9.92. The van der Waals surface area contributed by atoms with Gasteiger partial charge in [0.25, 0.3) is 0 Å². The van der Waals surface area contributed by atoms with Crippen LogP contribution < -0.4 is 11.5 Å². The predicted octanol–water partition coefficient (Wildman–Crippen LogP) is 4.51. The number of alkyl halides is 3. The van der Waals surface area contributed by atoms with Gasteiger partial charge in [0, 0.05) is 5.69 Å². The third-order valence-electron chi connectivity index (χ3n) is 4.37. The Bertz CT molecular complexity index is 782. The highest BCUT2D eigenvalue weighted by atomic mass is 32.2. The van der Waals surface area contributed by atoms with Gasteiger partial charge in [-0.05, 0) is 53.2 Å². The lowest BCUT2D eigenvalue weighted by molar-refractivity contribution is -0.150. The lowest BCUT2D eigenvalue weighted by atomic mass is 9.93. The molecule has 5 N–H and O–H groups in total. The Morgan fingerprint density at radius 3 is 2.25 bits per heavy atom. The zero-order valence-corrected chi connectivity index (χ0v) is 16.0. The van der Waals surface area contributed by atoms with Crippen molar-refractivity contribution in [1.29, 1.82) is 0 Å². The maximum absolute atomic E-state index is 13.5. The van der Waals surface area contributed by atoms with Crippen LogP contribution in [0.2, 0.25) is 0 Å². The summed E-state index contributed by atoms with van der Waals surface area (Å²) in [5.74, 6) is -1.99. The van der Waals surface area contributed by atoms with Crippen molar-refractivity contribution in [3.63, 3.8) is 0 Å². The Balaban J connectivity index is 2.00. The van der Waals surface area contributed by atoms with E-state index in [1.165, 1.54) is 23.9 Å². The molecule has 28 heavy (non-hydrogen) atoms. The number of rotatable bonds is 9. The van der Waals surface area contributed by atoms with Crippen molar-refractivity contribution in [2.24, 2.45) is 5.73 Å². The lowest BCUT2D eigenvalue weighted by Gasteiger charge is -2.21. The molecule has 0 radical (unpaired) electrons. The Morgan fingerprint density at radius 2 is 1.68 bits per heavy atom. The second kappa shape index (κ2) is 9.84. The molecule has 4 nitrogen and oxygen atoms in total. The highest BCUT2D eigenvalue weighted by Gasteiger charge is 2.40. The van der Waals surface area contributed by atoms with Crippen LogP contribution in [0.1, 0.15) is 24.3 Å². The zero-order chi connectivity index (χ0) is 20.7. The molecule has 2 aromatic carbocycles. The van der Waals surface area contributed by atoms with Crippen LogP contribution in [0.4, 0.5) is 18.9 Å². The Kier molecular flexibility index (Phi) is 7.77. The first kappa shape index (κ1) is 22.1. The van der Waals surface area contributed by atoms with Crippen molar-refractivity contribution in [1.82, 2.24) is 0 Å². The molecular formula is C20H23F3N2O2S. The monoisotopic (exact) mass is 412 g/mol. The fourth-order valence-electron chi connectivity index (χ4n) is 2.78. The number of thioether (sulfide) groups is 1. The summed E-state index contributed by atoms with van der Waals surface area (Å²) in [5.41, 5.74) is 13.6. The number of halogens is 3. The fraction of sp³-hybridized carbons (Fsp3) is 0.350. The lowest BCUT2D eigenvalue weighted by Crippen LogP contribution is -2.30. The molecule has 0 saturated carbocycles. The van der Waals surface area contributed by atoms with Gasteiger partial charge in [0.2, 0.25) is 0 Å². The van der Waals surface area contributed by atoms with Gasteiger partial charge in [0.15, 0.2) is 0 Å². The van der Waals surface area contributed by atoms with Crippen LogP contribution in [0.5, 0.6) is 0 Å². The quantitative estimate of drug-likeness (QED) is 0.417. The van der Waals surface area contributed by atoms with E-state index in [0.29, 0.717) is 11.4 Å². The largest absolute Gasteiger partial charge is 0.480 e. The third-order valence-corrected chi connectivity index (χ3v) is 5.42. The number of nitrogen functional groups attached to an aromatic ring is 1. The molecule has 0 fully saturated rings. The molecule has 2 atom stereocenters. The van der Waals surface area contributed by atoms with Crippen molar-refractivity contribution in [3.05, 3.63) is 54.1 Å². The minimum atomic E-state index is -4.35. The van der Waals surface area contributed by atoms with Crippen LogP contribution in [0.15, 0.2) is 48.5 Å². The van der Waals surface area contributed by atoms with Crippen molar-refractivity contribution in [3.8, 4) is 11.1 Å². The van der Waals surface area contributed by atoms with E-state index >= 15 is 0 Å². The Labute approximate surface area is 166 Å². The molecular weight excluding hydrogens is 389 g/mol. The fourth-order valence-corrected chi connectivity index (χ4v) is 3.81. The van der Waals surface area contributed by atoms with Crippen LogP contribution in [0.25, 0.3) is 11.1 Å². The van der Waals surface area contributed by atoms with E-state index in [9.17, 15) is 18.0 Å². The summed E-state index contributed by atoms with van der Waals surface area (Å²) in [5, 5.41) is 8.71. The SMILES string of the molecule is Nc1cccc(-c2ccc(C(CCSCCC(N)C(=O)O)C(F)(F)F)cc2)c1. The van der Waals surface area contributed by atoms with E-state index in [1.807, 2.05) is 6.07 Å². The van der Waals surface area contributed by atoms with Crippen LogP contribution in [0.3, 0.4) is 0 Å². The van der Waals surface area contributed by atoms with Crippen LogP contribution >= 0.6 is 11.8 Å². The second-order valence-electron chi connectivity index (χ2n) is 6.48. The van der Waals surface area contributed by atoms with E-state index in [-0.39, 0.29) is 24.2 Å². The Hall–Kier alpha value is -2.19. The molecule has 2 unspecified atom stereocenters. The average Bonchev–Trinajstić information content (AvgIpc) is 2.63. The first-order valence-electron chi connectivity index (χ1n) is 8.77. The number of carboxylic acids is 1.